The Morgan fingerprint density at radius 3 is 2.46 bits per heavy atom. The number of benzene rings is 2. The second-order valence-corrected chi connectivity index (χ2v) is 6.99. The highest BCUT2D eigenvalue weighted by Gasteiger charge is 2.32. The molecule has 2 aliphatic rings. The number of fused-ring (bicyclic) bond motifs is 1. The quantitative estimate of drug-likeness (QED) is 0.923. The van der Waals surface area contributed by atoms with Gasteiger partial charge in [0.15, 0.2) is 0 Å². The molecule has 126 valence electrons. The van der Waals surface area contributed by atoms with Gasteiger partial charge in [-0.15, -0.1) is 0 Å². The Balaban J connectivity index is 1.45. The standard InChI is InChI=1S/C20H24N2O2/c23-17-10-13-22(14-17)20(24)16-8-11-21(12-9-16)19-7-3-5-15-4-1-2-6-18(15)19/h1-7,16-17,23H,8-14H2. The minimum absolute atomic E-state index is 0.113. The van der Waals surface area contributed by atoms with E-state index in [0.29, 0.717) is 13.1 Å². The summed E-state index contributed by atoms with van der Waals surface area (Å²) < 4.78 is 0. The molecular formula is C20H24N2O2. The first-order valence-corrected chi connectivity index (χ1v) is 8.92. The first kappa shape index (κ1) is 15.5. The van der Waals surface area contributed by atoms with Crippen molar-refractivity contribution in [2.75, 3.05) is 31.1 Å². The zero-order chi connectivity index (χ0) is 16.5. The number of likely N-dealkylation sites (tertiary alicyclic amines) is 1. The number of piperidine rings is 1. The molecule has 2 aromatic rings. The highest BCUT2D eigenvalue weighted by Crippen LogP contribution is 2.31. The van der Waals surface area contributed by atoms with Crippen LogP contribution in [0.15, 0.2) is 42.5 Å². The number of aliphatic hydroxyl groups excluding tert-OH is 1. The van der Waals surface area contributed by atoms with Gasteiger partial charge in [-0.2, -0.15) is 0 Å². The maximum atomic E-state index is 12.6. The maximum absolute atomic E-state index is 12.6. The summed E-state index contributed by atoms with van der Waals surface area (Å²) in [5.41, 5.74) is 1.27. The number of carbonyl (C=O) groups is 1. The van der Waals surface area contributed by atoms with E-state index in [4.69, 9.17) is 0 Å². The van der Waals surface area contributed by atoms with Crippen molar-refractivity contribution < 1.29 is 9.90 Å². The van der Waals surface area contributed by atoms with E-state index >= 15 is 0 Å². The van der Waals surface area contributed by atoms with Crippen molar-refractivity contribution in [2.45, 2.75) is 25.4 Å². The summed E-state index contributed by atoms with van der Waals surface area (Å²) in [6.07, 6.45) is 2.19. The van der Waals surface area contributed by atoms with Gasteiger partial charge in [-0.05, 0) is 30.7 Å². The maximum Gasteiger partial charge on any atom is 0.225 e. The Hall–Kier alpha value is -2.07. The number of amides is 1. The van der Waals surface area contributed by atoms with Gasteiger partial charge >= 0.3 is 0 Å². The molecule has 0 bridgehead atoms. The summed E-state index contributed by atoms with van der Waals surface area (Å²) in [6, 6.07) is 14.9. The topological polar surface area (TPSA) is 43.8 Å². The number of hydrogen-bond acceptors (Lipinski definition) is 3. The molecule has 0 radical (unpaired) electrons. The lowest BCUT2D eigenvalue weighted by molar-refractivity contribution is -0.135. The lowest BCUT2D eigenvalue weighted by atomic mass is 9.94. The van der Waals surface area contributed by atoms with Crippen LogP contribution in [0.5, 0.6) is 0 Å². The Morgan fingerprint density at radius 1 is 0.958 bits per heavy atom. The minimum atomic E-state index is -0.329. The monoisotopic (exact) mass is 324 g/mol. The molecule has 0 aliphatic carbocycles. The number of hydrogen-bond donors (Lipinski definition) is 1. The number of nitrogens with zero attached hydrogens (tertiary/aromatic N) is 2. The van der Waals surface area contributed by atoms with Crippen LogP contribution in [0.1, 0.15) is 19.3 Å². The fraction of sp³-hybridized carbons (Fsp3) is 0.450. The van der Waals surface area contributed by atoms with Crippen LogP contribution < -0.4 is 4.90 Å². The summed E-state index contributed by atoms with van der Waals surface area (Å²) >= 11 is 0. The number of carbonyl (C=O) groups excluding carboxylic acids is 1. The molecule has 2 saturated heterocycles. The SMILES string of the molecule is O=C(C1CCN(c2cccc3ccccc23)CC1)N1CCC(O)C1. The second-order valence-electron chi connectivity index (χ2n) is 6.99. The van der Waals surface area contributed by atoms with Gasteiger partial charge in [0.25, 0.3) is 0 Å². The highest BCUT2D eigenvalue weighted by atomic mass is 16.3. The number of aliphatic hydroxyl groups is 1. The van der Waals surface area contributed by atoms with E-state index in [2.05, 4.69) is 47.4 Å². The molecule has 4 rings (SSSR count). The normalized spacial score (nSPS) is 22.3. The Labute approximate surface area is 142 Å². The summed E-state index contributed by atoms with van der Waals surface area (Å²) in [4.78, 5) is 16.9. The van der Waals surface area contributed by atoms with E-state index in [1.165, 1.54) is 16.5 Å². The molecule has 1 unspecified atom stereocenters. The molecule has 4 heteroatoms. The van der Waals surface area contributed by atoms with Crippen LogP contribution in [-0.2, 0) is 4.79 Å². The van der Waals surface area contributed by atoms with Crippen LogP contribution in [0.4, 0.5) is 5.69 Å². The van der Waals surface area contributed by atoms with Crippen molar-refractivity contribution in [3.63, 3.8) is 0 Å². The third-order valence-corrected chi connectivity index (χ3v) is 5.43. The summed E-state index contributed by atoms with van der Waals surface area (Å²) in [5.74, 6) is 0.352. The van der Waals surface area contributed by atoms with Crippen LogP contribution >= 0.6 is 0 Å². The third-order valence-electron chi connectivity index (χ3n) is 5.43. The van der Waals surface area contributed by atoms with Crippen LogP contribution in [-0.4, -0.2) is 48.2 Å². The van der Waals surface area contributed by atoms with Crippen molar-refractivity contribution in [3.05, 3.63) is 42.5 Å². The third kappa shape index (κ3) is 2.86. The largest absolute Gasteiger partial charge is 0.391 e. The van der Waals surface area contributed by atoms with Crippen LogP contribution in [0, 0.1) is 5.92 Å². The zero-order valence-corrected chi connectivity index (χ0v) is 13.9. The van der Waals surface area contributed by atoms with Gasteiger partial charge in [0, 0.05) is 43.2 Å². The molecule has 2 aliphatic heterocycles. The van der Waals surface area contributed by atoms with Gasteiger partial charge in [0.05, 0.1) is 6.10 Å². The molecule has 24 heavy (non-hydrogen) atoms. The summed E-state index contributed by atoms with van der Waals surface area (Å²) in [6.45, 7) is 3.06. The zero-order valence-electron chi connectivity index (χ0n) is 13.9. The molecule has 1 amide bonds. The summed E-state index contributed by atoms with van der Waals surface area (Å²) in [5, 5.41) is 12.2. The van der Waals surface area contributed by atoms with E-state index in [1.54, 1.807) is 0 Å². The molecule has 0 spiro atoms. The molecule has 0 aromatic heterocycles. The lowest BCUT2D eigenvalue weighted by Gasteiger charge is -2.35. The van der Waals surface area contributed by atoms with Crippen molar-refractivity contribution in [3.8, 4) is 0 Å². The van der Waals surface area contributed by atoms with Gasteiger partial charge in [0.1, 0.15) is 0 Å². The van der Waals surface area contributed by atoms with E-state index < -0.39 is 0 Å². The lowest BCUT2D eigenvalue weighted by Crippen LogP contribution is -2.42. The molecule has 1 atom stereocenters. The van der Waals surface area contributed by atoms with Crippen molar-refractivity contribution in [2.24, 2.45) is 5.92 Å². The number of rotatable bonds is 2. The Kier molecular flexibility index (Phi) is 4.15. The van der Waals surface area contributed by atoms with Gasteiger partial charge < -0.3 is 14.9 Å². The second kappa shape index (κ2) is 6.44. The van der Waals surface area contributed by atoms with Gasteiger partial charge in [-0.3, -0.25) is 4.79 Å². The first-order chi connectivity index (χ1) is 11.7. The molecule has 2 fully saturated rings. The van der Waals surface area contributed by atoms with Crippen LogP contribution in [0.25, 0.3) is 10.8 Å². The van der Waals surface area contributed by atoms with Crippen molar-refractivity contribution in [1.82, 2.24) is 4.90 Å². The molecule has 2 aromatic carbocycles. The fourth-order valence-corrected chi connectivity index (χ4v) is 4.05. The predicted octanol–water partition coefficient (Wildman–Crippen LogP) is 2.65. The Bertz CT molecular complexity index is 732. The molecule has 1 N–H and O–H groups in total. The minimum Gasteiger partial charge on any atom is -0.391 e. The average molecular weight is 324 g/mol. The number of β-amino-alcohol motifs (C(OH)–C–C–N with tert-alkyl or cyclic N) is 1. The first-order valence-electron chi connectivity index (χ1n) is 8.92. The van der Waals surface area contributed by atoms with E-state index in [-0.39, 0.29) is 17.9 Å². The average Bonchev–Trinajstić information content (AvgIpc) is 3.07. The molecular weight excluding hydrogens is 300 g/mol. The van der Waals surface area contributed by atoms with Crippen LogP contribution in [0.3, 0.4) is 0 Å². The Morgan fingerprint density at radius 2 is 1.71 bits per heavy atom. The van der Waals surface area contributed by atoms with Gasteiger partial charge in [0.2, 0.25) is 5.91 Å². The summed E-state index contributed by atoms with van der Waals surface area (Å²) in [7, 11) is 0. The highest BCUT2D eigenvalue weighted by molar-refractivity contribution is 5.94. The smallest absolute Gasteiger partial charge is 0.225 e. The van der Waals surface area contributed by atoms with Gasteiger partial charge in [-0.25, -0.2) is 0 Å². The van der Waals surface area contributed by atoms with E-state index in [9.17, 15) is 9.90 Å². The molecule has 4 nitrogen and oxygen atoms in total. The fourth-order valence-electron chi connectivity index (χ4n) is 4.05. The predicted molar refractivity (Wildman–Crippen MR) is 96.1 cm³/mol. The number of anilines is 1. The van der Waals surface area contributed by atoms with Crippen molar-refractivity contribution >= 4 is 22.4 Å². The van der Waals surface area contributed by atoms with E-state index in [0.717, 1.165) is 32.4 Å². The van der Waals surface area contributed by atoms with E-state index in [1.807, 2.05) is 4.90 Å². The molecule has 0 saturated carbocycles. The van der Waals surface area contributed by atoms with Crippen molar-refractivity contribution in [1.29, 1.82) is 0 Å². The molecule has 2 heterocycles. The van der Waals surface area contributed by atoms with Crippen LogP contribution in [0.2, 0.25) is 0 Å². The van der Waals surface area contributed by atoms with Gasteiger partial charge in [-0.1, -0.05) is 36.4 Å².